The van der Waals surface area contributed by atoms with E-state index in [1.54, 1.807) is 6.20 Å². The molecule has 0 saturated heterocycles. The van der Waals surface area contributed by atoms with Gasteiger partial charge in [-0.25, -0.2) is 4.79 Å². The van der Waals surface area contributed by atoms with Crippen LogP contribution in [-0.2, 0) is 4.74 Å². The summed E-state index contributed by atoms with van der Waals surface area (Å²) in [5.41, 5.74) is 1.48. The highest BCUT2D eigenvalue weighted by Gasteiger charge is 2.15. The normalized spacial score (nSPS) is 10.1. The van der Waals surface area contributed by atoms with Crippen molar-refractivity contribution in [2.75, 3.05) is 7.11 Å². The molecule has 0 spiro atoms. The van der Waals surface area contributed by atoms with Crippen LogP contribution in [0.25, 0.3) is 10.6 Å². The number of halogens is 1. The van der Waals surface area contributed by atoms with E-state index in [0.29, 0.717) is 5.56 Å². The molecule has 5 heteroatoms. The maximum Gasteiger partial charge on any atom is 0.339 e. The number of nitrogens with zero attached hydrogens (tertiary/aromatic N) is 1. The number of thiophene rings is 1. The Labute approximate surface area is 111 Å². The van der Waals surface area contributed by atoms with Gasteiger partial charge in [-0.15, -0.1) is 11.3 Å². The number of esters is 1. The minimum absolute atomic E-state index is 0.303. The van der Waals surface area contributed by atoms with Gasteiger partial charge < -0.3 is 4.74 Å². The predicted octanol–water partition coefficient (Wildman–Crippen LogP) is 3.20. The van der Waals surface area contributed by atoms with Crippen molar-refractivity contribution in [3.05, 3.63) is 38.9 Å². The molecule has 0 bridgehead atoms. The lowest BCUT2D eigenvalue weighted by molar-refractivity contribution is 0.0600. The van der Waals surface area contributed by atoms with Gasteiger partial charge in [-0.2, -0.15) is 0 Å². The van der Waals surface area contributed by atoms with E-state index in [2.05, 4.69) is 27.6 Å². The van der Waals surface area contributed by atoms with E-state index in [1.807, 2.05) is 24.3 Å². The number of hydrogen-bond donors (Lipinski definition) is 0. The van der Waals surface area contributed by atoms with Gasteiger partial charge in [0.15, 0.2) is 0 Å². The molecule has 3 nitrogen and oxygen atoms in total. The minimum Gasteiger partial charge on any atom is -0.465 e. The summed E-state index contributed by atoms with van der Waals surface area (Å²) < 4.78 is 5.63. The number of carbonyl (C=O) groups excluding carboxylic acids is 1. The number of hydrogen-bond acceptors (Lipinski definition) is 4. The Hall–Kier alpha value is -0.950. The molecule has 0 aliphatic rings. The highest BCUT2D eigenvalue weighted by Crippen LogP contribution is 2.31. The second kappa shape index (κ2) is 4.92. The Morgan fingerprint density at radius 1 is 1.50 bits per heavy atom. The standard InChI is InChI=1S/C11H8INO2S/c1-15-11(14)7-6-9(16-10(7)12)8-4-2-3-5-13-8/h2-6H,1H3. The molecular weight excluding hydrogens is 337 g/mol. The van der Waals surface area contributed by atoms with Gasteiger partial charge in [-0.3, -0.25) is 4.98 Å². The molecule has 0 atom stereocenters. The quantitative estimate of drug-likeness (QED) is 0.620. The van der Waals surface area contributed by atoms with Gasteiger partial charge in [-0.1, -0.05) is 6.07 Å². The first-order chi connectivity index (χ1) is 7.72. The van der Waals surface area contributed by atoms with E-state index in [0.717, 1.165) is 13.5 Å². The van der Waals surface area contributed by atoms with Crippen LogP contribution in [0.2, 0.25) is 0 Å². The largest absolute Gasteiger partial charge is 0.465 e. The van der Waals surface area contributed by atoms with Gasteiger partial charge in [0.1, 0.15) is 0 Å². The van der Waals surface area contributed by atoms with Gasteiger partial charge in [-0.05, 0) is 40.8 Å². The van der Waals surface area contributed by atoms with Crippen molar-refractivity contribution in [3.8, 4) is 10.6 Å². The summed E-state index contributed by atoms with van der Waals surface area (Å²) in [7, 11) is 1.39. The zero-order chi connectivity index (χ0) is 11.5. The minimum atomic E-state index is -0.303. The Morgan fingerprint density at radius 2 is 2.31 bits per heavy atom. The molecule has 0 aromatic carbocycles. The molecule has 0 radical (unpaired) electrons. The molecule has 0 N–H and O–H groups in total. The van der Waals surface area contributed by atoms with Crippen LogP contribution in [0.15, 0.2) is 30.5 Å². The van der Waals surface area contributed by atoms with Crippen molar-refractivity contribution in [2.24, 2.45) is 0 Å². The highest BCUT2D eigenvalue weighted by molar-refractivity contribution is 14.1. The number of aromatic nitrogens is 1. The molecule has 2 rings (SSSR count). The number of rotatable bonds is 2. The van der Waals surface area contributed by atoms with Crippen LogP contribution in [0.4, 0.5) is 0 Å². The van der Waals surface area contributed by atoms with Crippen molar-refractivity contribution in [3.63, 3.8) is 0 Å². The third kappa shape index (κ3) is 2.25. The fraction of sp³-hybridized carbons (Fsp3) is 0.0909. The molecule has 82 valence electrons. The molecular formula is C11H8INO2S. The van der Waals surface area contributed by atoms with Crippen LogP contribution in [0.1, 0.15) is 10.4 Å². The maximum absolute atomic E-state index is 11.4. The Balaban J connectivity index is 2.42. The van der Waals surface area contributed by atoms with Crippen molar-refractivity contribution < 1.29 is 9.53 Å². The molecule has 2 aromatic rings. The van der Waals surface area contributed by atoms with Gasteiger partial charge >= 0.3 is 5.97 Å². The van der Waals surface area contributed by atoms with Crippen LogP contribution in [0.5, 0.6) is 0 Å². The van der Waals surface area contributed by atoms with E-state index in [-0.39, 0.29) is 5.97 Å². The molecule has 16 heavy (non-hydrogen) atoms. The average molecular weight is 345 g/mol. The summed E-state index contributed by atoms with van der Waals surface area (Å²) in [4.78, 5) is 16.7. The molecule has 0 fully saturated rings. The van der Waals surface area contributed by atoms with Crippen LogP contribution in [0, 0.1) is 2.88 Å². The number of methoxy groups -OCH3 is 1. The second-order valence-corrected chi connectivity index (χ2v) is 5.87. The summed E-state index contributed by atoms with van der Waals surface area (Å²) in [6.07, 6.45) is 1.74. The Bertz CT molecular complexity index is 510. The molecule has 2 heterocycles. The van der Waals surface area contributed by atoms with Crippen LogP contribution < -0.4 is 0 Å². The van der Waals surface area contributed by atoms with Crippen molar-refractivity contribution in [1.82, 2.24) is 4.98 Å². The third-order valence-electron chi connectivity index (χ3n) is 2.01. The van der Waals surface area contributed by atoms with Crippen LogP contribution in [-0.4, -0.2) is 18.1 Å². The van der Waals surface area contributed by atoms with Gasteiger partial charge in [0.2, 0.25) is 0 Å². The van der Waals surface area contributed by atoms with E-state index < -0.39 is 0 Å². The first-order valence-electron chi connectivity index (χ1n) is 4.51. The lowest BCUT2D eigenvalue weighted by Crippen LogP contribution is -2.00. The molecule has 0 saturated carbocycles. The highest BCUT2D eigenvalue weighted by atomic mass is 127. The zero-order valence-corrected chi connectivity index (χ0v) is 11.4. The number of ether oxygens (including phenoxy) is 1. The second-order valence-electron chi connectivity index (χ2n) is 3.00. The van der Waals surface area contributed by atoms with Crippen LogP contribution >= 0.6 is 33.9 Å². The monoisotopic (exact) mass is 345 g/mol. The van der Waals surface area contributed by atoms with Crippen molar-refractivity contribution >= 4 is 39.9 Å². The van der Waals surface area contributed by atoms with E-state index in [9.17, 15) is 4.79 Å². The van der Waals surface area contributed by atoms with Crippen LogP contribution in [0.3, 0.4) is 0 Å². The third-order valence-corrected chi connectivity index (χ3v) is 4.20. The maximum atomic E-state index is 11.4. The molecule has 2 aromatic heterocycles. The van der Waals surface area contributed by atoms with Gasteiger partial charge in [0.25, 0.3) is 0 Å². The lowest BCUT2D eigenvalue weighted by Gasteiger charge is -1.94. The van der Waals surface area contributed by atoms with Gasteiger partial charge in [0.05, 0.1) is 26.1 Å². The van der Waals surface area contributed by atoms with E-state index >= 15 is 0 Å². The topological polar surface area (TPSA) is 39.2 Å². The predicted molar refractivity (Wildman–Crippen MR) is 71.6 cm³/mol. The average Bonchev–Trinajstić information content (AvgIpc) is 2.71. The van der Waals surface area contributed by atoms with Crippen molar-refractivity contribution in [1.29, 1.82) is 0 Å². The molecule has 0 amide bonds. The molecule has 0 unspecified atom stereocenters. The Morgan fingerprint density at radius 3 is 2.94 bits per heavy atom. The summed E-state index contributed by atoms with van der Waals surface area (Å²) in [6, 6.07) is 7.53. The molecule has 0 aliphatic heterocycles. The smallest absolute Gasteiger partial charge is 0.339 e. The SMILES string of the molecule is COC(=O)c1cc(-c2ccccn2)sc1I. The van der Waals surface area contributed by atoms with E-state index in [4.69, 9.17) is 4.74 Å². The summed E-state index contributed by atoms with van der Waals surface area (Å²) in [6.45, 7) is 0. The number of pyridine rings is 1. The molecule has 0 aliphatic carbocycles. The summed E-state index contributed by atoms with van der Waals surface area (Å²) >= 11 is 3.67. The van der Waals surface area contributed by atoms with Gasteiger partial charge in [0, 0.05) is 6.20 Å². The first kappa shape index (κ1) is 11.5. The zero-order valence-electron chi connectivity index (χ0n) is 8.44. The first-order valence-corrected chi connectivity index (χ1v) is 6.41. The number of carbonyl (C=O) groups is 1. The van der Waals surface area contributed by atoms with E-state index in [1.165, 1.54) is 18.4 Å². The fourth-order valence-corrected chi connectivity index (χ4v) is 3.19. The summed E-state index contributed by atoms with van der Waals surface area (Å²) in [5, 5.41) is 0. The van der Waals surface area contributed by atoms with Crippen molar-refractivity contribution in [2.45, 2.75) is 0 Å². The Kier molecular flexibility index (Phi) is 3.55. The fourth-order valence-electron chi connectivity index (χ4n) is 1.25. The lowest BCUT2D eigenvalue weighted by atomic mass is 10.2. The summed E-state index contributed by atoms with van der Waals surface area (Å²) in [5.74, 6) is -0.303.